The van der Waals surface area contributed by atoms with E-state index in [9.17, 15) is 4.79 Å². The van der Waals surface area contributed by atoms with Crippen LogP contribution in [0.3, 0.4) is 0 Å². The summed E-state index contributed by atoms with van der Waals surface area (Å²) < 4.78 is 5.55. The van der Waals surface area contributed by atoms with E-state index in [2.05, 4.69) is 10.6 Å². The molecule has 0 saturated heterocycles. The van der Waals surface area contributed by atoms with Crippen LogP contribution in [0.15, 0.2) is 24.3 Å². The third-order valence-corrected chi connectivity index (χ3v) is 3.65. The third kappa shape index (κ3) is 4.44. The van der Waals surface area contributed by atoms with Crippen molar-refractivity contribution in [3.8, 4) is 5.75 Å². The standard InChI is InChI=1S/C16H24N2O2/c1-2-20-15-11-7-6-8-13(15)12-17-16(19)18-14-9-4-3-5-10-14/h6-8,11,14H,2-5,9-10,12H2,1H3,(H2,17,18,19). The second-order valence-electron chi connectivity index (χ2n) is 5.20. The molecule has 0 bridgehead atoms. The zero-order chi connectivity index (χ0) is 14.2. The number of ether oxygens (including phenoxy) is 1. The van der Waals surface area contributed by atoms with Crippen molar-refractivity contribution in [3.05, 3.63) is 29.8 Å². The van der Waals surface area contributed by atoms with Crippen LogP contribution in [0.2, 0.25) is 0 Å². The fraction of sp³-hybridized carbons (Fsp3) is 0.562. The fourth-order valence-corrected chi connectivity index (χ4v) is 2.61. The van der Waals surface area contributed by atoms with Gasteiger partial charge in [0.2, 0.25) is 0 Å². The molecular formula is C16H24N2O2. The highest BCUT2D eigenvalue weighted by Gasteiger charge is 2.15. The lowest BCUT2D eigenvalue weighted by Crippen LogP contribution is -2.42. The van der Waals surface area contributed by atoms with Gasteiger partial charge in [0.15, 0.2) is 0 Å². The summed E-state index contributed by atoms with van der Waals surface area (Å²) >= 11 is 0. The van der Waals surface area contributed by atoms with E-state index in [1.54, 1.807) is 0 Å². The summed E-state index contributed by atoms with van der Waals surface area (Å²) in [5, 5.41) is 5.96. The van der Waals surface area contributed by atoms with E-state index in [4.69, 9.17) is 4.74 Å². The first-order valence-electron chi connectivity index (χ1n) is 7.54. The number of carbonyl (C=O) groups is 1. The van der Waals surface area contributed by atoms with E-state index in [0.717, 1.165) is 24.2 Å². The van der Waals surface area contributed by atoms with Crippen molar-refractivity contribution in [2.75, 3.05) is 6.61 Å². The molecule has 0 heterocycles. The minimum absolute atomic E-state index is 0.0804. The molecule has 2 N–H and O–H groups in total. The Morgan fingerprint density at radius 3 is 2.75 bits per heavy atom. The average Bonchev–Trinajstić information content (AvgIpc) is 2.48. The SMILES string of the molecule is CCOc1ccccc1CNC(=O)NC1CCCCC1. The van der Waals surface area contributed by atoms with Gasteiger partial charge in [-0.3, -0.25) is 0 Å². The number of amides is 2. The second kappa shape index (κ2) is 7.78. The normalized spacial score (nSPS) is 15.7. The first kappa shape index (κ1) is 14.7. The van der Waals surface area contributed by atoms with Crippen LogP contribution in [0.1, 0.15) is 44.6 Å². The molecule has 1 saturated carbocycles. The highest BCUT2D eigenvalue weighted by Crippen LogP contribution is 2.18. The molecule has 1 aromatic carbocycles. The molecule has 4 heteroatoms. The molecule has 0 unspecified atom stereocenters. The van der Waals surface area contributed by atoms with Gasteiger partial charge >= 0.3 is 6.03 Å². The fourth-order valence-electron chi connectivity index (χ4n) is 2.61. The van der Waals surface area contributed by atoms with Crippen LogP contribution < -0.4 is 15.4 Å². The van der Waals surface area contributed by atoms with E-state index in [-0.39, 0.29) is 6.03 Å². The summed E-state index contributed by atoms with van der Waals surface area (Å²) in [7, 11) is 0. The minimum atomic E-state index is -0.0804. The van der Waals surface area contributed by atoms with Gasteiger partial charge in [0, 0.05) is 18.2 Å². The largest absolute Gasteiger partial charge is 0.494 e. The van der Waals surface area contributed by atoms with Gasteiger partial charge in [0.25, 0.3) is 0 Å². The number of hydrogen-bond acceptors (Lipinski definition) is 2. The van der Waals surface area contributed by atoms with Crippen molar-refractivity contribution < 1.29 is 9.53 Å². The lowest BCUT2D eigenvalue weighted by atomic mass is 9.96. The molecule has 2 rings (SSSR count). The van der Waals surface area contributed by atoms with E-state index in [0.29, 0.717) is 19.2 Å². The van der Waals surface area contributed by atoms with Crippen molar-refractivity contribution in [2.45, 2.75) is 51.6 Å². The highest BCUT2D eigenvalue weighted by molar-refractivity contribution is 5.74. The van der Waals surface area contributed by atoms with E-state index < -0.39 is 0 Å². The third-order valence-electron chi connectivity index (χ3n) is 3.65. The van der Waals surface area contributed by atoms with Crippen molar-refractivity contribution >= 4 is 6.03 Å². The van der Waals surface area contributed by atoms with Gasteiger partial charge in [-0.15, -0.1) is 0 Å². The Hall–Kier alpha value is -1.71. The average molecular weight is 276 g/mol. The van der Waals surface area contributed by atoms with Crippen LogP contribution in [0.25, 0.3) is 0 Å². The number of urea groups is 1. The Balaban J connectivity index is 1.80. The zero-order valence-electron chi connectivity index (χ0n) is 12.2. The van der Waals surface area contributed by atoms with Gasteiger partial charge in [-0.05, 0) is 25.8 Å². The molecule has 0 atom stereocenters. The molecule has 0 radical (unpaired) electrons. The summed E-state index contributed by atoms with van der Waals surface area (Å²) in [6.07, 6.45) is 5.93. The number of nitrogens with one attached hydrogen (secondary N) is 2. The zero-order valence-corrected chi connectivity index (χ0v) is 12.2. The molecular weight excluding hydrogens is 252 g/mol. The first-order chi connectivity index (χ1) is 9.79. The molecule has 0 spiro atoms. The van der Waals surface area contributed by atoms with Gasteiger partial charge in [-0.2, -0.15) is 0 Å². The lowest BCUT2D eigenvalue weighted by Gasteiger charge is -2.23. The van der Waals surface area contributed by atoms with E-state index in [1.807, 2.05) is 31.2 Å². The summed E-state index contributed by atoms with van der Waals surface area (Å²) in [6.45, 7) is 3.08. The Morgan fingerprint density at radius 2 is 2.00 bits per heavy atom. The predicted octanol–water partition coefficient (Wildman–Crippen LogP) is 3.22. The highest BCUT2D eigenvalue weighted by atomic mass is 16.5. The maximum Gasteiger partial charge on any atom is 0.315 e. The van der Waals surface area contributed by atoms with E-state index in [1.165, 1.54) is 19.3 Å². The predicted molar refractivity (Wildman–Crippen MR) is 79.9 cm³/mol. The Bertz CT molecular complexity index is 428. The maximum atomic E-state index is 11.9. The number of para-hydroxylation sites is 1. The van der Waals surface area contributed by atoms with Crippen LogP contribution in [-0.2, 0) is 6.54 Å². The topological polar surface area (TPSA) is 50.4 Å². The van der Waals surface area contributed by atoms with Gasteiger partial charge in [-0.1, -0.05) is 37.5 Å². The Morgan fingerprint density at radius 1 is 1.25 bits per heavy atom. The van der Waals surface area contributed by atoms with E-state index >= 15 is 0 Å². The van der Waals surface area contributed by atoms with Crippen LogP contribution >= 0.6 is 0 Å². The van der Waals surface area contributed by atoms with Gasteiger partial charge in [-0.25, -0.2) is 4.79 Å². The van der Waals surface area contributed by atoms with Crippen molar-refractivity contribution in [2.24, 2.45) is 0 Å². The molecule has 1 fully saturated rings. The smallest absolute Gasteiger partial charge is 0.315 e. The van der Waals surface area contributed by atoms with Gasteiger partial charge < -0.3 is 15.4 Å². The quantitative estimate of drug-likeness (QED) is 0.867. The van der Waals surface area contributed by atoms with Crippen LogP contribution in [0, 0.1) is 0 Å². The summed E-state index contributed by atoms with van der Waals surface area (Å²) in [6, 6.07) is 8.06. The van der Waals surface area contributed by atoms with Crippen LogP contribution in [0.5, 0.6) is 5.75 Å². The second-order valence-corrected chi connectivity index (χ2v) is 5.20. The number of benzene rings is 1. The maximum absolute atomic E-state index is 11.9. The molecule has 1 aliphatic carbocycles. The summed E-state index contributed by atoms with van der Waals surface area (Å²) in [5.41, 5.74) is 1.01. The molecule has 0 aromatic heterocycles. The Kier molecular flexibility index (Phi) is 5.71. The Labute approximate surface area is 120 Å². The molecule has 1 aromatic rings. The van der Waals surface area contributed by atoms with Crippen molar-refractivity contribution in [1.29, 1.82) is 0 Å². The monoisotopic (exact) mass is 276 g/mol. The van der Waals surface area contributed by atoms with Gasteiger partial charge in [0.05, 0.1) is 6.61 Å². The molecule has 2 amide bonds. The molecule has 110 valence electrons. The molecule has 0 aliphatic heterocycles. The minimum Gasteiger partial charge on any atom is -0.494 e. The summed E-state index contributed by atoms with van der Waals surface area (Å²) in [5.74, 6) is 0.841. The number of rotatable bonds is 5. The summed E-state index contributed by atoms with van der Waals surface area (Å²) in [4.78, 5) is 11.9. The molecule has 4 nitrogen and oxygen atoms in total. The van der Waals surface area contributed by atoms with Crippen molar-refractivity contribution in [1.82, 2.24) is 10.6 Å². The lowest BCUT2D eigenvalue weighted by molar-refractivity contribution is 0.232. The van der Waals surface area contributed by atoms with Crippen LogP contribution in [0.4, 0.5) is 4.79 Å². The number of hydrogen-bond donors (Lipinski definition) is 2. The molecule has 20 heavy (non-hydrogen) atoms. The van der Waals surface area contributed by atoms with Gasteiger partial charge in [0.1, 0.15) is 5.75 Å². The van der Waals surface area contributed by atoms with Crippen molar-refractivity contribution in [3.63, 3.8) is 0 Å². The van der Waals surface area contributed by atoms with Crippen LogP contribution in [-0.4, -0.2) is 18.7 Å². The first-order valence-corrected chi connectivity index (χ1v) is 7.54. The number of carbonyl (C=O) groups excluding carboxylic acids is 1. The molecule has 1 aliphatic rings.